The molecule has 0 fully saturated rings. The van der Waals surface area contributed by atoms with Crippen molar-refractivity contribution in [3.63, 3.8) is 0 Å². The van der Waals surface area contributed by atoms with Crippen molar-refractivity contribution in [2.24, 2.45) is 0 Å². The molecule has 5 nitrogen and oxygen atoms in total. The summed E-state index contributed by atoms with van der Waals surface area (Å²) in [5, 5.41) is 8.52. The van der Waals surface area contributed by atoms with Crippen molar-refractivity contribution in [2.75, 3.05) is 7.11 Å². The van der Waals surface area contributed by atoms with E-state index in [1.54, 1.807) is 0 Å². The van der Waals surface area contributed by atoms with Gasteiger partial charge in [-0.15, -0.1) is 0 Å². The zero-order chi connectivity index (χ0) is 12.3. The molecule has 0 aliphatic rings. The molecule has 0 radical (unpaired) electrons. The van der Waals surface area contributed by atoms with Gasteiger partial charge in [0.05, 0.1) is 19.1 Å². The minimum Gasteiger partial charge on any atom is -0.496 e. The van der Waals surface area contributed by atoms with Gasteiger partial charge in [0.15, 0.2) is 0 Å². The molecule has 0 aliphatic heterocycles. The van der Waals surface area contributed by atoms with Crippen LogP contribution in [0.4, 0.5) is 8.78 Å². The van der Waals surface area contributed by atoms with Crippen LogP contribution in [-0.2, 0) is 11.2 Å². The average Bonchev–Trinajstić information content (AvgIpc) is 2.14. The molecule has 1 aromatic rings. The molecule has 1 rings (SSSR count). The van der Waals surface area contributed by atoms with Crippen LogP contribution in [0.2, 0.25) is 0 Å². The second-order valence-corrected chi connectivity index (χ2v) is 2.97. The molecule has 0 bridgehead atoms. The highest BCUT2D eigenvalue weighted by Gasteiger charge is 2.21. The van der Waals surface area contributed by atoms with Crippen molar-refractivity contribution in [2.45, 2.75) is 12.8 Å². The molecule has 16 heavy (non-hydrogen) atoms. The maximum Gasteiger partial charge on any atom is 0.309 e. The lowest BCUT2D eigenvalue weighted by molar-refractivity contribution is -0.136. The zero-order valence-electron chi connectivity index (χ0n) is 8.29. The predicted octanol–water partition coefficient (Wildman–Crippen LogP) is 0.948. The summed E-state index contributed by atoms with van der Waals surface area (Å²) in [6, 6.07) is 0.854. The molecule has 2 N–H and O–H groups in total. The second kappa shape index (κ2) is 4.73. The van der Waals surface area contributed by atoms with Gasteiger partial charge in [-0.25, -0.2) is 8.78 Å². The molecule has 0 saturated carbocycles. The predicted molar refractivity (Wildman–Crippen MR) is 49.9 cm³/mol. The third kappa shape index (κ3) is 2.56. The summed E-state index contributed by atoms with van der Waals surface area (Å²) in [4.78, 5) is 23.6. The molecule has 88 valence electrons. The second-order valence-electron chi connectivity index (χ2n) is 2.97. The summed E-state index contributed by atoms with van der Waals surface area (Å²) in [7, 11) is 1.13. The number of rotatable bonds is 4. The van der Waals surface area contributed by atoms with E-state index in [2.05, 4.69) is 9.72 Å². The van der Waals surface area contributed by atoms with Gasteiger partial charge >= 0.3 is 5.97 Å². The molecule has 0 aliphatic carbocycles. The number of hydrogen-bond donors (Lipinski definition) is 2. The van der Waals surface area contributed by atoms with Gasteiger partial charge in [-0.2, -0.15) is 0 Å². The van der Waals surface area contributed by atoms with E-state index in [-0.39, 0.29) is 11.4 Å². The minimum absolute atomic E-state index is 0.310. The van der Waals surface area contributed by atoms with Gasteiger partial charge in [-0.3, -0.25) is 9.59 Å². The summed E-state index contributed by atoms with van der Waals surface area (Å²) in [5.41, 5.74) is -1.62. The van der Waals surface area contributed by atoms with Crippen molar-refractivity contribution < 1.29 is 23.4 Å². The molecule has 0 aromatic carbocycles. The van der Waals surface area contributed by atoms with Crippen LogP contribution in [0.1, 0.15) is 17.7 Å². The van der Waals surface area contributed by atoms with E-state index in [9.17, 15) is 18.4 Å². The van der Waals surface area contributed by atoms with Gasteiger partial charge < -0.3 is 14.8 Å². The number of aromatic amines is 1. The monoisotopic (exact) mass is 233 g/mol. The fourth-order valence-electron chi connectivity index (χ4n) is 1.30. The van der Waals surface area contributed by atoms with E-state index in [1.807, 2.05) is 0 Å². The van der Waals surface area contributed by atoms with Crippen molar-refractivity contribution in [3.8, 4) is 5.75 Å². The highest BCUT2D eigenvalue weighted by atomic mass is 19.3. The Balaban J connectivity index is 3.37. The lowest BCUT2D eigenvalue weighted by Crippen LogP contribution is -2.15. The van der Waals surface area contributed by atoms with Crippen LogP contribution in [-0.4, -0.2) is 23.2 Å². The Morgan fingerprint density at radius 2 is 2.25 bits per heavy atom. The Morgan fingerprint density at radius 1 is 1.62 bits per heavy atom. The van der Waals surface area contributed by atoms with Crippen LogP contribution >= 0.6 is 0 Å². The van der Waals surface area contributed by atoms with Crippen molar-refractivity contribution in [1.29, 1.82) is 0 Å². The Bertz CT molecular complexity index is 455. The van der Waals surface area contributed by atoms with Crippen LogP contribution < -0.4 is 10.3 Å². The number of pyridine rings is 1. The molecular formula is C9H9F2NO4. The number of nitrogens with one attached hydrogen (secondary N) is 1. The van der Waals surface area contributed by atoms with E-state index in [1.165, 1.54) is 0 Å². The van der Waals surface area contributed by atoms with Crippen LogP contribution in [0.3, 0.4) is 0 Å². The average molecular weight is 233 g/mol. The lowest BCUT2D eigenvalue weighted by atomic mass is 10.1. The van der Waals surface area contributed by atoms with E-state index in [4.69, 9.17) is 5.11 Å². The summed E-state index contributed by atoms with van der Waals surface area (Å²) < 4.78 is 29.9. The van der Waals surface area contributed by atoms with Gasteiger partial charge in [-0.05, 0) is 0 Å². The zero-order valence-corrected chi connectivity index (χ0v) is 8.29. The van der Waals surface area contributed by atoms with Crippen molar-refractivity contribution in [3.05, 3.63) is 27.7 Å². The van der Waals surface area contributed by atoms with Gasteiger partial charge in [0.2, 0.25) is 0 Å². The van der Waals surface area contributed by atoms with Crippen LogP contribution in [0.5, 0.6) is 5.75 Å². The molecule has 1 heterocycles. The maximum absolute atomic E-state index is 12.7. The molecule has 7 heteroatoms. The molecule has 0 saturated heterocycles. The molecule has 0 spiro atoms. The first-order chi connectivity index (χ1) is 7.45. The minimum atomic E-state index is -2.92. The van der Waals surface area contributed by atoms with E-state index < -0.39 is 29.9 Å². The standard InChI is InChI=1S/C9H9F2NO4/c1-16-5-3-6(13)12-4(2-7(14)15)8(5)9(10)11/h3,9H,2H2,1H3,(H,12,13)(H,14,15). The van der Waals surface area contributed by atoms with E-state index >= 15 is 0 Å². The van der Waals surface area contributed by atoms with Crippen LogP contribution in [0.25, 0.3) is 0 Å². The largest absolute Gasteiger partial charge is 0.496 e. The molecule has 0 atom stereocenters. The fraction of sp³-hybridized carbons (Fsp3) is 0.333. The number of carboxylic acid groups (broad SMARTS) is 1. The number of halogens is 2. The number of alkyl halides is 2. The molecule has 0 amide bonds. The number of aromatic nitrogens is 1. The smallest absolute Gasteiger partial charge is 0.309 e. The summed E-state index contributed by atoms with van der Waals surface area (Å²) >= 11 is 0. The number of aliphatic carboxylic acids is 1. The topological polar surface area (TPSA) is 79.4 Å². The number of H-pyrrole nitrogens is 1. The van der Waals surface area contributed by atoms with E-state index in [0.29, 0.717) is 0 Å². The highest BCUT2D eigenvalue weighted by Crippen LogP contribution is 2.29. The first-order valence-electron chi connectivity index (χ1n) is 4.25. The third-order valence-electron chi connectivity index (χ3n) is 1.89. The first-order valence-corrected chi connectivity index (χ1v) is 4.25. The Hall–Kier alpha value is -1.92. The SMILES string of the molecule is COc1cc(=O)[nH]c(CC(=O)O)c1C(F)F. The Morgan fingerprint density at radius 3 is 2.69 bits per heavy atom. The van der Waals surface area contributed by atoms with Crippen LogP contribution in [0, 0.1) is 0 Å². The molecular weight excluding hydrogens is 224 g/mol. The van der Waals surface area contributed by atoms with Gasteiger partial charge in [0.1, 0.15) is 5.75 Å². The fourth-order valence-corrected chi connectivity index (χ4v) is 1.30. The number of carbonyl (C=O) groups is 1. The number of methoxy groups -OCH3 is 1. The first kappa shape index (κ1) is 12.2. The van der Waals surface area contributed by atoms with Gasteiger partial charge in [0, 0.05) is 11.8 Å². The third-order valence-corrected chi connectivity index (χ3v) is 1.89. The molecule has 1 aromatic heterocycles. The number of ether oxygens (including phenoxy) is 1. The van der Waals surface area contributed by atoms with Crippen molar-refractivity contribution in [1.82, 2.24) is 4.98 Å². The normalized spacial score (nSPS) is 10.5. The van der Waals surface area contributed by atoms with Crippen LogP contribution in [0.15, 0.2) is 10.9 Å². The summed E-state index contributed by atoms with van der Waals surface area (Å²) in [6.07, 6.45) is -3.60. The Kier molecular flexibility index (Phi) is 3.60. The summed E-state index contributed by atoms with van der Waals surface area (Å²) in [5.74, 6) is -1.62. The maximum atomic E-state index is 12.7. The van der Waals surface area contributed by atoms with Gasteiger partial charge in [0.25, 0.3) is 12.0 Å². The van der Waals surface area contributed by atoms with E-state index in [0.717, 1.165) is 13.2 Å². The Labute approximate surface area is 88.7 Å². The van der Waals surface area contributed by atoms with Gasteiger partial charge in [-0.1, -0.05) is 0 Å². The number of hydrogen-bond acceptors (Lipinski definition) is 3. The summed E-state index contributed by atoms with van der Waals surface area (Å²) in [6.45, 7) is 0. The van der Waals surface area contributed by atoms with Crippen molar-refractivity contribution >= 4 is 5.97 Å². The highest BCUT2D eigenvalue weighted by molar-refractivity contribution is 5.70. The quantitative estimate of drug-likeness (QED) is 0.811. The number of carboxylic acids is 1. The molecule has 0 unspecified atom stereocenters. The lowest BCUT2D eigenvalue weighted by Gasteiger charge is -2.11.